The van der Waals surface area contributed by atoms with Crippen LogP contribution in [0.15, 0.2) is 53.2 Å². The number of pyridine rings is 1. The van der Waals surface area contributed by atoms with E-state index in [1.165, 1.54) is 11.1 Å². The lowest BCUT2D eigenvalue weighted by molar-refractivity contribution is -0.136. The zero-order valence-electron chi connectivity index (χ0n) is 24.2. The molecule has 7 rings (SSSR count). The van der Waals surface area contributed by atoms with Crippen LogP contribution in [-0.4, -0.2) is 45.7 Å². The highest BCUT2D eigenvalue weighted by Crippen LogP contribution is 2.44. The van der Waals surface area contributed by atoms with Gasteiger partial charge in [-0.1, -0.05) is 55.8 Å². The number of hydrogen-bond donors (Lipinski definition) is 2. The number of carboxylic acids is 1. The molecule has 5 aromatic rings. The van der Waals surface area contributed by atoms with Crippen molar-refractivity contribution in [1.82, 2.24) is 15.0 Å². The van der Waals surface area contributed by atoms with E-state index >= 15 is 0 Å². The summed E-state index contributed by atoms with van der Waals surface area (Å²) in [7, 11) is 0. The standard InChI is InChI=1S/C33H33ClN6O3/c1-33(2)10-13-39(14-11-33)28-23(16-25(41)42)30(34)38-31(35)26(28)20-7-8-21-17-40(12-9-19(21)15-20)32-29-27(36-18-37-32)22-5-3-4-6-24(22)43-29/h3-8,15,18H,9-14,16-17H2,1-2H3,(H2,35,38)(H,41,42). The molecule has 220 valence electrons. The fraction of sp³-hybridized carbons (Fsp3) is 0.333. The van der Waals surface area contributed by atoms with Crippen molar-refractivity contribution >= 4 is 57.0 Å². The van der Waals surface area contributed by atoms with Crippen molar-refractivity contribution < 1.29 is 14.3 Å². The van der Waals surface area contributed by atoms with Crippen LogP contribution < -0.4 is 15.5 Å². The van der Waals surface area contributed by atoms with Crippen LogP contribution in [0.1, 0.15) is 43.4 Å². The first kappa shape index (κ1) is 27.5. The molecule has 0 spiro atoms. The Labute approximate surface area is 254 Å². The average molecular weight is 597 g/mol. The predicted molar refractivity (Wildman–Crippen MR) is 170 cm³/mol. The van der Waals surface area contributed by atoms with Crippen LogP contribution in [0.2, 0.25) is 5.15 Å². The van der Waals surface area contributed by atoms with Crippen LogP contribution in [0.4, 0.5) is 17.3 Å². The van der Waals surface area contributed by atoms with Gasteiger partial charge in [0.25, 0.3) is 0 Å². The molecule has 0 atom stereocenters. The number of aliphatic carboxylic acids is 1. The normalized spacial score (nSPS) is 16.5. The SMILES string of the molecule is CC1(C)CCN(c2c(CC(=O)O)c(Cl)nc(N)c2-c2ccc3c(c2)CCN(c2ncnc4c2oc2ccccc24)C3)CC1. The number of nitrogens with two attached hydrogens (primary N) is 1. The van der Waals surface area contributed by atoms with Crippen molar-refractivity contribution in [2.75, 3.05) is 35.2 Å². The molecule has 3 aromatic heterocycles. The fourth-order valence-electron chi connectivity index (χ4n) is 6.50. The monoisotopic (exact) mass is 596 g/mol. The van der Waals surface area contributed by atoms with E-state index in [-0.39, 0.29) is 17.0 Å². The highest BCUT2D eigenvalue weighted by atomic mass is 35.5. The Balaban J connectivity index is 1.26. The molecule has 0 amide bonds. The second kappa shape index (κ2) is 10.4. The quantitative estimate of drug-likeness (QED) is 0.219. The van der Waals surface area contributed by atoms with Gasteiger partial charge in [-0.3, -0.25) is 4.79 Å². The number of nitrogen functional groups attached to an aromatic ring is 1. The van der Waals surface area contributed by atoms with Gasteiger partial charge < -0.3 is 25.1 Å². The van der Waals surface area contributed by atoms with Gasteiger partial charge in [-0.25, -0.2) is 15.0 Å². The molecule has 1 fully saturated rings. The number of hydrogen-bond acceptors (Lipinski definition) is 8. The number of fused-ring (bicyclic) bond motifs is 4. The van der Waals surface area contributed by atoms with E-state index in [4.69, 9.17) is 21.8 Å². The maximum atomic E-state index is 11.9. The topological polar surface area (TPSA) is 122 Å². The molecule has 1 saturated heterocycles. The minimum Gasteiger partial charge on any atom is -0.481 e. The Kier molecular flexibility index (Phi) is 6.65. The maximum absolute atomic E-state index is 11.9. The summed E-state index contributed by atoms with van der Waals surface area (Å²) in [6, 6.07) is 14.3. The minimum absolute atomic E-state index is 0.152. The highest BCUT2D eigenvalue weighted by Gasteiger charge is 2.31. The van der Waals surface area contributed by atoms with Gasteiger partial charge in [0, 0.05) is 42.7 Å². The second-order valence-electron chi connectivity index (χ2n) is 12.3. The second-order valence-corrected chi connectivity index (χ2v) is 12.7. The van der Waals surface area contributed by atoms with E-state index in [9.17, 15) is 9.90 Å². The third-order valence-electron chi connectivity index (χ3n) is 8.95. The number of furan rings is 1. The molecule has 0 saturated carbocycles. The Bertz CT molecular complexity index is 1890. The third-order valence-corrected chi connectivity index (χ3v) is 9.27. The number of halogens is 1. The summed E-state index contributed by atoms with van der Waals surface area (Å²) in [6.07, 6.45) is 4.15. The summed E-state index contributed by atoms with van der Waals surface area (Å²) in [5.74, 6) is 0.146. The summed E-state index contributed by atoms with van der Waals surface area (Å²) in [4.78, 5) is 29.9. The van der Waals surface area contributed by atoms with Crippen LogP contribution in [0.25, 0.3) is 33.2 Å². The molecular formula is C33H33ClN6O3. The summed E-state index contributed by atoms with van der Waals surface area (Å²) in [5.41, 5.74) is 14.5. The Hall–Kier alpha value is -4.37. The van der Waals surface area contributed by atoms with Crippen molar-refractivity contribution in [2.45, 2.75) is 46.1 Å². The van der Waals surface area contributed by atoms with Crippen molar-refractivity contribution in [3.05, 3.63) is 70.6 Å². The van der Waals surface area contributed by atoms with E-state index in [0.29, 0.717) is 23.5 Å². The van der Waals surface area contributed by atoms with Gasteiger partial charge in [-0.05, 0) is 53.5 Å². The van der Waals surface area contributed by atoms with Crippen LogP contribution in [0.5, 0.6) is 0 Å². The maximum Gasteiger partial charge on any atom is 0.308 e. The van der Waals surface area contributed by atoms with Crippen molar-refractivity contribution in [1.29, 1.82) is 0 Å². The number of piperidine rings is 1. The average Bonchev–Trinajstić information content (AvgIpc) is 3.37. The van der Waals surface area contributed by atoms with Crippen molar-refractivity contribution in [2.24, 2.45) is 5.41 Å². The van der Waals surface area contributed by atoms with Gasteiger partial charge in [0.05, 0.1) is 12.1 Å². The van der Waals surface area contributed by atoms with Crippen LogP contribution in [-0.2, 0) is 24.2 Å². The molecule has 43 heavy (non-hydrogen) atoms. The number of carbonyl (C=O) groups is 1. The number of rotatable bonds is 5. The Morgan fingerprint density at radius 2 is 1.86 bits per heavy atom. The van der Waals surface area contributed by atoms with E-state index < -0.39 is 5.97 Å². The molecule has 2 aliphatic rings. The first-order chi connectivity index (χ1) is 20.7. The van der Waals surface area contributed by atoms with Gasteiger partial charge >= 0.3 is 5.97 Å². The Morgan fingerprint density at radius 1 is 1.07 bits per heavy atom. The van der Waals surface area contributed by atoms with Gasteiger partial charge in [-0.2, -0.15) is 0 Å². The minimum atomic E-state index is -0.952. The summed E-state index contributed by atoms with van der Waals surface area (Å²) < 4.78 is 6.20. The molecular weight excluding hydrogens is 564 g/mol. The van der Waals surface area contributed by atoms with E-state index in [0.717, 1.165) is 78.0 Å². The van der Waals surface area contributed by atoms with Gasteiger partial charge in [-0.15, -0.1) is 0 Å². The molecule has 0 bridgehead atoms. The summed E-state index contributed by atoms with van der Waals surface area (Å²) >= 11 is 6.57. The molecule has 9 nitrogen and oxygen atoms in total. The van der Waals surface area contributed by atoms with E-state index in [1.54, 1.807) is 6.33 Å². The molecule has 0 radical (unpaired) electrons. The predicted octanol–water partition coefficient (Wildman–Crippen LogP) is 6.49. The lowest BCUT2D eigenvalue weighted by Crippen LogP contribution is -2.38. The third kappa shape index (κ3) is 4.91. The Morgan fingerprint density at radius 3 is 2.65 bits per heavy atom. The molecule has 2 aromatic carbocycles. The molecule has 10 heteroatoms. The highest BCUT2D eigenvalue weighted by molar-refractivity contribution is 6.31. The number of anilines is 3. The van der Waals surface area contributed by atoms with Crippen LogP contribution >= 0.6 is 11.6 Å². The van der Waals surface area contributed by atoms with Crippen LogP contribution in [0.3, 0.4) is 0 Å². The van der Waals surface area contributed by atoms with Crippen LogP contribution in [0, 0.1) is 5.41 Å². The van der Waals surface area contributed by atoms with E-state index in [1.807, 2.05) is 24.3 Å². The lowest BCUT2D eigenvalue weighted by atomic mass is 9.82. The number of aromatic nitrogens is 3. The largest absolute Gasteiger partial charge is 0.481 e. The molecule has 3 N–H and O–H groups in total. The zero-order chi connectivity index (χ0) is 29.9. The van der Waals surface area contributed by atoms with Crippen molar-refractivity contribution in [3.8, 4) is 11.1 Å². The summed E-state index contributed by atoms with van der Waals surface area (Å²) in [6.45, 7) is 7.55. The van der Waals surface area contributed by atoms with Gasteiger partial charge in [0.1, 0.15) is 28.4 Å². The first-order valence-corrected chi connectivity index (χ1v) is 15.0. The first-order valence-electron chi connectivity index (χ1n) is 14.6. The number of para-hydroxylation sites is 1. The zero-order valence-corrected chi connectivity index (χ0v) is 25.0. The number of benzene rings is 2. The summed E-state index contributed by atoms with van der Waals surface area (Å²) in [5, 5.41) is 10.9. The number of carboxylic acid groups (broad SMARTS) is 1. The molecule has 5 heterocycles. The van der Waals surface area contributed by atoms with Crippen molar-refractivity contribution in [3.63, 3.8) is 0 Å². The lowest BCUT2D eigenvalue weighted by Gasteiger charge is -2.40. The smallest absolute Gasteiger partial charge is 0.308 e. The molecule has 0 unspecified atom stereocenters. The van der Waals surface area contributed by atoms with Gasteiger partial charge in [0.2, 0.25) is 0 Å². The van der Waals surface area contributed by atoms with Gasteiger partial charge in [0.15, 0.2) is 11.4 Å². The van der Waals surface area contributed by atoms with E-state index in [2.05, 4.69) is 56.8 Å². The number of nitrogens with zero attached hydrogens (tertiary/aromatic N) is 5. The fourth-order valence-corrected chi connectivity index (χ4v) is 6.75. The molecule has 0 aliphatic carbocycles. The molecule has 2 aliphatic heterocycles.